The van der Waals surface area contributed by atoms with E-state index in [0.29, 0.717) is 54.2 Å². The molecule has 2 heterocycles. The third-order valence-corrected chi connectivity index (χ3v) is 7.49. The van der Waals surface area contributed by atoms with Gasteiger partial charge in [-0.2, -0.15) is 0 Å². The highest BCUT2D eigenvalue weighted by molar-refractivity contribution is 6.22. The standard InChI is InChI=1S/C32H32N4O4/c1-19-17-26-27(18-25(19)20(2)40-3)35-31(38)28(26)29(21-7-5-4-6-8-21)34-24-11-9-23(10-12-24)32(39)36-15-13-22(14-16-36)30(33)37/h4-12,17-18,22,35,38H,2,13-16H2,1,3H3,(H2,33,37). The van der Waals surface area contributed by atoms with Crippen LogP contribution in [-0.2, 0) is 9.53 Å². The number of ether oxygens (including phenoxy) is 1. The number of aliphatic imine (C=N–C) groups is 1. The van der Waals surface area contributed by atoms with Crippen molar-refractivity contribution in [1.29, 1.82) is 0 Å². The molecule has 1 fully saturated rings. The first kappa shape index (κ1) is 26.7. The SMILES string of the molecule is C=C(OC)c1cc2[nH]c(O)c(C(=Nc3ccc(C(=O)N4CCC(C(N)=O)CC4)cc3)c3ccccc3)c2cc1C. The van der Waals surface area contributed by atoms with Crippen LogP contribution in [0.4, 0.5) is 5.69 Å². The Morgan fingerprint density at radius 3 is 2.35 bits per heavy atom. The van der Waals surface area contributed by atoms with Crippen molar-refractivity contribution in [2.75, 3.05) is 20.2 Å². The molecule has 5 rings (SSSR count). The van der Waals surface area contributed by atoms with E-state index in [2.05, 4.69) is 11.6 Å². The summed E-state index contributed by atoms with van der Waals surface area (Å²) in [5.74, 6) is -0.0183. The predicted molar refractivity (Wildman–Crippen MR) is 157 cm³/mol. The van der Waals surface area contributed by atoms with E-state index in [9.17, 15) is 14.7 Å². The minimum absolute atomic E-state index is 0.00310. The lowest BCUT2D eigenvalue weighted by molar-refractivity contribution is -0.123. The highest BCUT2D eigenvalue weighted by Crippen LogP contribution is 2.34. The van der Waals surface area contributed by atoms with Gasteiger partial charge in [-0.3, -0.25) is 9.59 Å². The molecule has 4 aromatic rings. The summed E-state index contributed by atoms with van der Waals surface area (Å²) in [6.07, 6.45) is 1.16. The molecule has 0 unspecified atom stereocenters. The first-order valence-corrected chi connectivity index (χ1v) is 13.2. The molecule has 0 atom stereocenters. The van der Waals surface area contributed by atoms with Crippen LogP contribution in [-0.4, -0.2) is 52.7 Å². The Hall–Kier alpha value is -4.85. The quantitative estimate of drug-likeness (QED) is 0.219. The number of piperidine rings is 1. The largest absolute Gasteiger partial charge is 0.497 e. The number of hydrogen-bond acceptors (Lipinski definition) is 5. The van der Waals surface area contributed by atoms with E-state index in [0.717, 1.165) is 27.6 Å². The molecular weight excluding hydrogens is 504 g/mol. The van der Waals surface area contributed by atoms with Gasteiger partial charge in [0, 0.05) is 46.6 Å². The van der Waals surface area contributed by atoms with Crippen LogP contribution in [0.25, 0.3) is 16.7 Å². The van der Waals surface area contributed by atoms with E-state index < -0.39 is 0 Å². The summed E-state index contributed by atoms with van der Waals surface area (Å²) in [6, 6.07) is 20.7. The summed E-state index contributed by atoms with van der Waals surface area (Å²) in [4.78, 5) is 34.3. The number of likely N-dealkylation sites (tertiary alicyclic amines) is 1. The van der Waals surface area contributed by atoms with Gasteiger partial charge in [0.15, 0.2) is 5.88 Å². The number of amides is 2. The molecule has 8 heteroatoms. The molecule has 0 aliphatic carbocycles. The van der Waals surface area contributed by atoms with Crippen LogP contribution in [0.2, 0.25) is 0 Å². The Kier molecular flexibility index (Phi) is 7.42. The maximum atomic E-state index is 13.1. The van der Waals surface area contributed by atoms with Crippen molar-refractivity contribution in [3.05, 3.63) is 101 Å². The maximum Gasteiger partial charge on any atom is 0.253 e. The first-order chi connectivity index (χ1) is 19.3. The van der Waals surface area contributed by atoms with Gasteiger partial charge in [0.2, 0.25) is 5.91 Å². The molecule has 8 nitrogen and oxygen atoms in total. The van der Waals surface area contributed by atoms with Crippen LogP contribution in [0.1, 0.15) is 45.5 Å². The zero-order valence-corrected chi connectivity index (χ0v) is 22.6. The van der Waals surface area contributed by atoms with Crippen molar-refractivity contribution in [3.63, 3.8) is 0 Å². The molecule has 204 valence electrons. The number of primary amides is 1. The number of rotatable bonds is 7. The van der Waals surface area contributed by atoms with E-state index in [-0.39, 0.29) is 23.6 Å². The van der Waals surface area contributed by atoms with Gasteiger partial charge in [0.1, 0.15) is 5.76 Å². The lowest BCUT2D eigenvalue weighted by Crippen LogP contribution is -2.41. The molecule has 2 amide bonds. The van der Waals surface area contributed by atoms with Gasteiger partial charge >= 0.3 is 0 Å². The second-order valence-electron chi connectivity index (χ2n) is 10.0. The highest BCUT2D eigenvalue weighted by atomic mass is 16.5. The molecule has 0 radical (unpaired) electrons. The number of aromatic amines is 1. The number of nitrogens with one attached hydrogen (secondary N) is 1. The zero-order valence-electron chi connectivity index (χ0n) is 22.6. The fourth-order valence-corrected chi connectivity index (χ4v) is 5.20. The lowest BCUT2D eigenvalue weighted by Gasteiger charge is -2.30. The van der Waals surface area contributed by atoms with Crippen molar-refractivity contribution in [1.82, 2.24) is 9.88 Å². The Labute approximate surface area is 232 Å². The molecule has 4 N–H and O–H groups in total. The number of aromatic hydroxyl groups is 1. The highest BCUT2D eigenvalue weighted by Gasteiger charge is 2.26. The zero-order chi connectivity index (χ0) is 28.4. The Bertz CT molecular complexity index is 1610. The number of H-pyrrole nitrogens is 1. The van der Waals surface area contributed by atoms with Gasteiger partial charge in [0.25, 0.3) is 5.91 Å². The van der Waals surface area contributed by atoms with Crippen LogP contribution in [0.3, 0.4) is 0 Å². The number of carbonyl (C=O) groups excluding carboxylic acids is 2. The minimum atomic E-state index is -0.305. The Morgan fingerprint density at radius 1 is 1.05 bits per heavy atom. The topological polar surface area (TPSA) is 121 Å². The van der Waals surface area contributed by atoms with Gasteiger partial charge in [-0.1, -0.05) is 36.9 Å². The monoisotopic (exact) mass is 536 g/mol. The Balaban J connectivity index is 1.51. The summed E-state index contributed by atoms with van der Waals surface area (Å²) < 4.78 is 5.34. The predicted octanol–water partition coefficient (Wildman–Crippen LogP) is 5.31. The summed E-state index contributed by atoms with van der Waals surface area (Å²) in [5.41, 5.74) is 11.1. The van der Waals surface area contributed by atoms with Gasteiger partial charge in [-0.05, 0) is 61.7 Å². The van der Waals surface area contributed by atoms with Crippen LogP contribution in [0, 0.1) is 12.8 Å². The van der Waals surface area contributed by atoms with Crippen molar-refractivity contribution in [3.8, 4) is 5.88 Å². The minimum Gasteiger partial charge on any atom is -0.497 e. The molecular formula is C32H32N4O4. The van der Waals surface area contributed by atoms with E-state index in [4.69, 9.17) is 15.5 Å². The van der Waals surface area contributed by atoms with Gasteiger partial charge in [-0.15, -0.1) is 0 Å². The Morgan fingerprint density at radius 2 is 1.73 bits per heavy atom. The molecule has 0 bridgehead atoms. The number of methoxy groups -OCH3 is 1. The average molecular weight is 537 g/mol. The van der Waals surface area contributed by atoms with Crippen LogP contribution >= 0.6 is 0 Å². The number of aromatic nitrogens is 1. The lowest BCUT2D eigenvalue weighted by atomic mass is 9.96. The van der Waals surface area contributed by atoms with E-state index in [1.165, 1.54) is 0 Å². The molecule has 3 aromatic carbocycles. The molecule has 1 saturated heterocycles. The molecule has 0 spiro atoms. The number of hydrogen-bond donors (Lipinski definition) is 3. The smallest absolute Gasteiger partial charge is 0.253 e. The maximum absolute atomic E-state index is 13.1. The molecule has 0 saturated carbocycles. The molecule has 1 aromatic heterocycles. The first-order valence-electron chi connectivity index (χ1n) is 13.2. The fraction of sp³-hybridized carbons (Fsp3) is 0.219. The van der Waals surface area contributed by atoms with Crippen LogP contribution in [0.15, 0.2) is 78.3 Å². The second-order valence-corrected chi connectivity index (χ2v) is 10.0. The number of aryl methyl sites for hydroxylation is 1. The van der Waals surface area contributed by atoms with Crippen molar-refractivity contribution in [2.45, 2.75) is 19.8 Å². The third kappa shape index (κ3) is 5.20. The third-order valence-electron chi connectivity index (χ3n) is 7.49. The number of nitrogens with zero attached hydrogens (tertiary/aromatic N) is 2. The fourth-order valence-electron chi connectivity index (χ4n) is 5.20. The summed E-state index contributed by atoms with van der Waals surface area (Å²) in [5, 5.41) is 11.9. The molecule has 40 heavy (non-hydrogen) atoms. The summed E-state index contributed by atoms with van der Waals surface area (Å²) in [7, 11) is 1.58. The molecule has 1 aliphatic heterocycles. The van der Waals surface area contributed by atoms with E-state index >= 15 is 0 Å². The van der Waals surface area contributed by atoms with Gasteiger partial charge in [-0.25, -0.2) is 4.99 Å². The summed E-state index contributed by atoms with van der Waals surface area (Å²) in [6.45, 7) is 6.95. The van der Waals surface area contributed by atoms with E-state index in [1.807, 2.05) is 49.4 Å². The van der Waals surface area contributed by atoms with Crippen molar-refractivity contribution < 1.29 is 19.4 Å². The van der Waals surface area contributed by atoms with Crippen molar-refractivity contribution >= 4 is 39.9 Å². The molecule has 1 aliphatic rings. The number of benzene rings is 3. The normalized spacial score (nSPS) is 14.3. The average Bonchev–Trinajstić information content (AvgIpc) is 3.29. The number of nitrogens with two attached hydrogens (primary N) is 1. The van der Waals surface area contributed by atoms with Crippen LogP contribution in [0.5, 0.6) is 5.88 Å². The number of carbonyl (C=O) groups is 2. The van der Waals surface area contributed by atoms with Gasteiger partial charge < -0.3 is 25.5 Å². The van der Waals surface area contributed by atoms with Gasteiger partial charge in [0.05, 0.1) is 24.1 Å². The summed E-state index contributed by atoms with van der Waals surface area (Å²) >= 11 is 0. The van der Waals surface area contributed by atoms with Crippen LogP contribution < -0.4 is 5.73 Å². The van der Waals surface area contributed by atoms with Crippen molar-refractivity contribution in [2.24, 2.45) is 16.6 Å². The van der Waals surface area contributed by atoms with E-state index in [1.54, 1.807) is 36.3 Å². The second kappa shape index (κ2) is 11.1. The number of fused-ring (bicyclic) bond motifs is 1.